The Labute approximate surface area is 110 Å². The minimum absolute atomic E-state index is 0.0351. The number of primary sulfonamides is 1. The third-order valence-electron chi connectivity index (χ3n) is 3.52. The summed E-state index contributed by atoms with van der Waals surface area (Å²) < 4.78 is 22.5. The predicted molar refractivity (Wildman–Crippen MR) is 71.4 cm³/mol. The molecule has 1 heterocycles. The molecule has 106 valence electrons. The largest absolute Gasteiger partial charge is 0.339 e. The summed E-state index contributed by atoms with van der Waals surface area (Å²) in [7, 11) is -3.60. The molecule has 1 amide bonds. The first kappa shape index (κ1) is 15.4. The Morgan fingerprint density at radius 3 is 2.39 bits per heavy atom. The van der Waals surface area contributed by atoms with Gasteiger partial charge in [-0.2, -0.15) is 0 Å². The SMILES string of the molecule is CC(C)CCCC(C)N1CC(S(N)(=O)=O)CC1=O. The van der Waals surface area contributed by atoms with Crippen molar-refractivity contribution in [1.29, 1.82) is 0 Å². The van der Waals surface area contributed by atoms with Gasteiger partial charge in [-0.25, -0.2) is 13.6 Å². The third kappa shape index (κ3) is 4.24. The van der Waals surface area contributed by atoms with Crippen LogP contribution < -0.4 is 5.14 Å². The fraction of sp³-hybridized carbons (Fsp3) is 0.917. The van der Waals surface area contributed by atoms with E-state index in [9.17, 15) is 13.2 Å². The van der Waals surface area contributed by atoms with Gasteiger partial charge in [-0.1, -0.05) is 26.7 Å². The summed E-state index contributed by atoms with van der Waals surface area (Å²) in [5, 5.41) is 4.37. The van der Waals surface area contributed by atoms with Crippen LogP contribution in [0.1, 0.15) is 46.5 Å². The van der Waals surface area contributed by atoms with E-state index in [2.05, 4.69) is 13.8 Å². The molecule has 1 aliphatic heterocycles. The van der Waals surface area contributed by atoms with E-state index in [1.807, 2.05) is 6.92 Å². The summed E-state index contributed by atoms with van der Waals surface area (Å²) in [6.45, 7) is 6.57. The monoisotopic (exact) mass is 276 g/mol. The van der Waals surface area contributed by atoms with Crippen molar-refractivity contribution in [3.8, 4) is 0 Å². The first-order valence-electron chi connectivity index (χ1n) is 6.53. The Bertz CT molecular complexity index is 392. The topological polar surface area (TPSA) is 80.5 Å². The van der Waals surface area contributed by atoms with E-state index in [4.69, 9.17) is 5.14 Å². The van der Waals surface area contributed by atoms with Crippen molar-refractivity contribution in [1.82, 2.24) is 4.90 Å². The van der Waals surface area contributed by atoms with E-state index in [1.165, 1.54) is 0 Å². The maximum absolute atomic E-state index is 11.8. The van der Waals surface area contributed by atoms with Crippen molar-refractivity contribution in [2.75, 3.05) is 6.54 Å². The van der Waals surface area contributed by atoms with Crippen molar-refractivity contribution in [3.63, 3.8) is 0 Å². The molecule has 6 heteroatoms. The molecule has 1 aliphatic rings. The molecule has 0 spiro atoms. The lowest BCUT2D eigenvalue weighted by atomic mass is 10.0. The maximum Gasteiger partial charge on any atom is 0.224 e. The van der Waals surface area contributed by atoms with Crippen molar-refractivity contribution in [2.45, 2.75) is 57.7 Å². The third-order valence-corrected chi connectivity index (χ3v) is 4.77. The van der Waals surface area contributed by atoms with E-state index >= 15 is 0 Å². The van der Waals surface area contributed by atoms with Crippen molar-refractivity contribution in [2.24, 2.45) is 11.1 Å². The van der Waals surface area contributed by atoms with Gasteiger partial charge in [-0.3, -0.25) is 4.79 Å². The fourth-order valence-electron chi connectivity index (χ4n) is 2.32. The van der Waals surface area contributed by atoms with Crippen LogP contribution in [0.4, 0.5) is 0 Å². The van der Waals surface area contributed by atoms with Crippen LogP contribution in [0.25, 0.3) is 0 Å². The summed E-state index contributed by atoms with van der Waals surface area (Å²) in [6.07, 6.45) is 3.14. The number of amides is 1. The fourth-order valence-corrected chi connectivity index (χ4v) is 3.06. The average molecular weight is 276 g/mol. The molecule has 0 aromatic carbocycles. The molecule has 0 aliphatic carbocycles. The molecule has 1 rings (SSSR count). The Balaban J connectivity index is 2.49. The van der Waals surface area contributed by atoms with Crippen LogP contribution in [0.5, 0.6) is 0 Å². The van der Waals surface area contributed by atoms with Crippen LogP contribution in [0.15, 0.2) is 0 Å². The molecule has 0 aromatic rings. The smallest absolute Gasteiger partial charge is 0.224 e. The van der Waals surface area contributed by atoms with E-state index in [0.29, 0.717) is 5.92 Å². The molecule has 1 saturated heterocycles. The Hall–Kier alpha value is -0.620. The van der Waals surface area contributed by atoms with E-state index in [0.717, 1.165) is 19.3 Å². The van der Waals surface area contributed by atoms with Crippen LogP contribution in [-0.4, -0.2) is 37.1 Å². The lowest BCUT2D eigenvalue weighted by Crippen LogP contribution is -2.37. The highest BCUT2D eigenvalue weighted by Crippen LogP contribution is 2.21. The van der Waals surface area contributed by atoms with Crippen LogP contribution in [0.2, 0.25) is 0 Å². The molecular weight excluding hydrogens is 252 g/mol. The van der Waals surface area contributed by atoms with Gasteiger partial charge in [0.15, 0.2) is 0 Å². The summed E-state index contributed by atoms with van der Waals surface area (Å²) in [4.78, 5) is 13.4. The lowest BCUT2D eigenvalue weighted by Gasteiger charge is -2.24. The van der Waals surface area contributed by atoms with Crippen LogP contribution in [0, 0.1) is 5.92 Å². The second kappa shape index (κ2) is 6.02. The average Bonchev–Trinajstić information content (AvgIpc) is 2.59. The first-order chi connectivity index (χ1) is 8.21. The molecular formula is C12H24N2O3S. The van der Waals surface area contributed by atoms with E-state index < -0.39 is 15.3 Å². The predicted octanol–water partition coefficient (Wildman–Crippen LogP) is 1.09. The van der Waals surface area contributed by atoms with Crippen molar-refractivity contribution >= 4 is 15.9 Å². The van der Waals surface area contributed by atoms with Gasteiger partial charge >= 0.3 is 0 Å². The lowest BCUT2D eigenvalue weighted by molar-refractivity contribution is -0.129. The highest BCUT2D eigenvalue weighted by molar-refractivity contribution is 7.89. The quantitative estimate of drug-likeness (QED) is 0.788. The number of rotatable bonds is 6. The Morgan fingerprint density at radius 1 is 1.33 bits per heavy atom. The van der Waals surface area contributed by atoms with Crippen LogP contribution in [0.3, 0.4) is 0 Å². The Kier molecular flexibility index (Phi) is 5.16. The molecule has 18 heavy (non-hydrogen) atoms. The molecule has 5 nitrogen and oxygen atoms in total. The maximum atomic E-state index is 11.8. The summed E-state index contributed by atoms with van der Waals surface area (Å²) in [5.41, 5.74) is 0. The highest BCUT2D eigenvalue weighted by atomic mass is 32.2. The zero-order valence-electron chi connectivity index (χ0n) is 11.4. The van der Waals surface area contributed by atoms with Gasteiger partial charge < -0.3 is 4.90 Å². The number of nitrogens with two attached hydrogens (primary N) is 1. The van der Waals surface area contributed by atoms with Gasteiger partial charge in [0, 0.05) is 19.0 Å². The molecule has 2 atom stereocenters. The van der Waals surface area contributed by atoms with E-state index in [-0.39, 0.29) is 24.9 Å². The minimum Gasteiger partial charge on any atom is -0.339 e. The molecule has 1 fully saturated rings. The van der Waals surface area contributed by atoms with Gasteiger partial charge in [0.05, 0.1) is 0 Å². The number of carbonyl (C=O) groups is 1. The number of sulfonamides is 1. The summed E-state index contributed by atoms with van der Waals surface area (Å²) in [5.74, 6) is 0.565. The van der Waals surface area contributed by atoms with Crippen molar-refractivity contribution in [3.05, 3.63) is 0 Å². The summed E-state index contributed by atoms with van der Waals surface area (Å²) in [6, 6.07) is 0.1000. The van der Waals surface area contributed by atoms with E-state index in [1.54, 1.807) is 4.90 Å². The van der Waals surface area contributed by atoms with Crippen LogP contribution >= 0.6 is 0 Å². The van der Waals surface area contributed by atoms with Gasteiger partial charge in [0.1, 0.15) is 5.25 Å². The summed E-state index contributed by atoms with van der Waals surface area (Å²) >= 11 is 0. The second-order valence-electron chi connectivity index (χ2n) is 5.64. The minimum atomic E-state index is -3.60. The second-order valence-corrected chi connectivity index (χ2v) is 7.48. The number of hydrogen-bond donors (Lipinski definition) is 1. The van der Waals surface area contributed by atoms with Gasteiger partial charge in [0.25, 0.3) is 0 Å². The van der Waals surface area contributed by atoms with Gasteiger partial charge in [-0.05, 0) is 19.3 Å². The number of carbonyl (C=O) groups excluding carboxylic acids is 1. The molecule has 0 bridgehead atoms. The molecule has 2 unspecified atom stereocenters. The van der Waals surface area contributed by atoms with Crippen molar-refractivity contribution < 1.29 is 13.2 Å². The molecule has 0 saturated carbocycles. The standard InChI is InChI=1S/C12H24N2O3S/c1-9(2)5-4-6-10(3)14-8-11(7-12(14)15)18(13,16)17/h9-11H,4-8H2,1-3H3,(H2,13,16,17). The highest BCUT2D eigenvalue weighted by Gasteiger charge is 2.38. The zero-order chi connectivity index (χ0) is 13.9. The molecule has 0 radical (unpaired) electrons. The number of nitrogens with zero attached hydrogens (tertiary/aromatic N) is 1. The number of hydrogen-bond acceptors (Lipinski definition) is 3. The first-order valence-corrected chi connectivity index (χ1v) is 8.13. The van der Waals surface area contributed by atoms with Gasteiger partial charge in [-0.15, -0.1) is 0 Å². The molecule has 0 aromatic heterocycles. The van der Waals surface area contributed by atoms with Crippen LogP contribution in [-0.2, 0) is 14.8 Å². The zero-order valence-corrected chi connectivity index (χ0v) is 12.2. The molecule has 2 N–H and O–H groups in total. The van der Waals surface area contributed by atoms with Gasteiger partial charge in [0.2, 0.25) is 15.9 Å². The number of likely N-dealkylation sites (tertiary alicyclic amines) is 1. The Morgan fingerprint density at radius 2 is 1.94 bits per heavy atom. The normalized spacial score (nSPS) is 22.8.